The number of nitrogens with zero attached hydrogens (tertiary/aromatic N) is 3. The Morgan fingerprint density at radius 2 is 1.88 bits per heavy atom. The fourth-order valence-electron chi connectivity index (χ4n) is 3.69. The normalized spacial score (nSPS) is 11.1. The Morgan fingerprint density at radius 3 is 2.56 bits per heavy atom. The predicted molar refractivity (Wildman–Crippen MR) is 123 cm³/mol. The maximum absolute atomic E-state index is 13.2. The summed E-state index contributed by atoms with van der Waals surface area (Å²) in [4.78, 5) is 32.2. The van der Waals surface area contributed by atoms with Gasteiger partial charge in [0, 0.05) is 5.56 Å². The van der Waals surface area contributed by atoms with Crippen LogP contribution in [-0.4, -0.2) is 32.3 Å². The molecular formula is C24H25N5O3. The summed E-state index contributed by atoms with van der Waals surface area (Å²) in [6, 6.07) is 14.4. The highest BCUT2D eigenvalue weighted by molar-refractivity contribution is 5.92. The van der Waals surface area contributed by atoms with Crippen molar-refractivity contribution in [1.82, 2.24) is 19.7 Å². The molecule has 2 aromatic heterocycles. The first-order valence-electron chi connectivity index (χ1n) is 10.6. The zero-order chi connectivity index (χ0) is 22.7. The van der Waals surface area contributed by atoms with Gasteiger partial charge in [0.2, 0.25) is 5.91 Å². The molecule has 0 saturated carbocycles. The number of benzene rings is 2. The van der Waals surface area contributed by atoms with E-state index in [1.165, 1.54) is 0 Å². The second-order valence-electron chi connectivity index (χ2n) is 7.46. The highest BCUT2D eigenvalue weighted by Crippen LogP contribution is 2.28. The smallest absolute Gasteiger partial charge is 0.277 e. The number of aromatic nitrogens is 4. The lowest BCUT2D eigenvalue weighted by Gasteiger charge is -2.09. The quantitative estimate of drug-likeness (QED) is 0.444. The third-order valence-corrected chi connectivity index (χ3v) is 5.17. The number of primary amides is 1. The maximum Gasteiger partial charge on any atom is 0.277 e. The number of fused-ring (bicyclic) bond motifs is 1. The van der Waals surface area contributed by atoms with Crippen LogP contribution in [0.2, 0.25) is 0 Å². The number of nitrogens with one attached hydrogen (secondary N) is 1. The van der Waals surface area contributed by atoms with Crippen LogP contribution in [0, 0.1) is 0 Å². The summed E-state index contributed by atoms with van der Waals surface area (Å²) in [5.41, 5.74) is 8.90. The predicted octanol–water partition coefficient (Wildman–Crippen LogP) is 3.29. The van der Waals surface area contributed by atoms with Gasteiger partial charge in [0.1, 0.15) is 17.1 Å². The molecule has 0 atom stereocenters. The third kappa shape index (κ3) is 4.12. The van der Waals surface area contributed by atoms with Crippen LogP contribution in [0.1, 0.15) is 41.9 Å². The molecule has 8 nitrogen and oxygen atoms in total. The minimum Gasteiger partial charge on any atom is -0.493 e. The van der Waals surface area contributed by atoms with Crippen molar-refractivity contribution in [3.8, 4) is 17.1 Å². The largest absolute Gasteiger partial charge is 0.493 e. The monoisotopic (exact) mass is 431 g/mol. The number of hydrogen-bond donors (Lipinski definition) is 2. The van der Waals surface area contributed by atoms with Gasteiger partial charge in [-0.2, -0.15) is 5.10 Å². The fourth-order valence-corrected chi connectivity index (χ4v) is 3.69. The van der Waals surface area contributed by atoms with Crippen LogP contribution < -0.4 is 16.0 Å². The fraction of sp³-hybridized carbons (Fsp3) is 0.250. The van der Waals surface area contributed by atoms with Crippen molar-refractivity contribution in [1.29, 1.82) is 0 Å². The van der Waals surface area contributed by atoms with E-state index < -0.39 is 5.91 Å². The van der Waals surface area contributed by atoms with E-state index in [1.54, 1.807) is 28.9 Å². The lowest BCUT2D eigenvalue weighted by molar-refractivity contribution is 0.100. The van der Waals surface area contributed by atoms with Gasteiger partial charge < -0.3 is 15.5 Å². The molecule has 4 rings (SSSR count). The van der Waals surface area contributed by atoms with Gasteiger partial charge in [0.25, 0.3) is 5.56 Å². The number of ether oxygens (including phenoxy) is 1. The average molecular weight is 431 g/mol. The summed E-state index contributed by atoms with van der Waals surface area (Å²) >= 11 is 0. The lowest BCUT2D eigenvalue weighted by Crippen LogP contribution is -2.15. The summed E-state index contributed by atoms with van der Waals surface area (Å²) in [6.45, 7) is 4.86. The first-order chi connectivity index (χ1) is 15.5. The van der Waals surface area contributed by atoms with E-state index in [4.69, 9.17) is 20.6 Å². The number of nitrogens with two attached hydrogens (primary N) is 1. The van der Waals surface area contributed by atoms with E-state index in [9.17, 15) is 9.59 Å². The Bertz CT molecular complexity index is 1320. The van der Waals surface area contributed by atoms with Gasteiger partial charge in [0.05, 0.1) is 24.4 Å². The van der Waals surface area contributed by atoms with Crippen molar-refractivity contribution in [2.75, 3.05) is 6.61 Å². The zero-order valence-electron chi connectivity index (χ0n) is 18.1. The van der Waals surface area contributed by atoms with Crippen molar-refractivity contribution < 1.29 is 9.53 Å². The van der Waals surface area contributed by atoms with E-state index >= 15 is 0 Å². The second kappa shape index (κ2) is 9.05. The molecular weight excluding hydrogens is 406 g/mol. The molecule has 8 heteroatoms. The second-order valence-corrected chi connectivity index (χ2v) is 7.46. The molecule has 0 aliphatic rings. The molecule has 0 spiro atoms. The molecule has 1 amide bonds. The molecule has 0 bridgehead atoms. The summed E-state index contributed by atoms with van der Waals surface area (Å²) in [5, 5.41) is 4.70. The number of carbonyl (C=O) groups is 1. The topological polar surface area (TPSA) is 116 Å². The molecule has 164 valence electrons. The van der Waals surface area contributed by atoms with Gasteiger partial charge in [-0.05, 0) is 43.2 Å². The number of carbonyl (C=O) groups excluding carboxylic acids is 1. The zero-order valence-corrected chi connectivity index (χ0v) is 18.1. The van der Waals surface area contributed by atoms with Gasteiger partial charge in [0.15, 0.2) is 5.52 Å². The van der Waals surface area contributed by atoms with Crippen LogP contribution in [0.5, 0.6) is 5.75 Å². The third-order valence-electron chi connectivity index (χ3n) is 5.17. The van der Waals surface area contributed by atoms with Crippen molar-refractivity contribution in [3.05, 3.63) is 75.7 Å². The number of aryl methyl sites for hydroxylation is 1. The molecule has 2 aromatic carbocycles. The van der Waals surface area contributed by atoms with Crippen molar-refractivity contribution in [2.24, 2.45) is 5.73 Å². The van der Waals surface area contributed by atoms with E-state index in [2.05, 4.69) is 11.9 Å². The molecule has 4 aromatic rings. The Morgan fingerprint density at radius 1 is 1.12 bits per heavy atom. The number of amides is 1. The molecule has 0 fully saturated rings. The van der Waals surface area contributed by atoms with Crippen LogP contribution in [0.4, 0.5) is 0 Å². The minimum absolute atomic E-state index is 0.264. The maximum atomic E-state index is 13.2. The Balaban J connectivity index is 1.81. The SMILES string of the molecule is CCCc1nn(Cc2ccc(C(N)=O)cc2)c2c(=O)[nH]c(-c3ccccc3OCC)nc12. The van der Waals surface area contributed by atoms with Gasteiger partial charge in [-0.25, -0.2) is 4.98 Å². The number of rotatable bonds is 8. The molecule has 0 aliphatic carbocycles. The summed E-state index contributed by atoms with van der Waals surface area (Å²) in [6.07, 6.45) is 1.58. The summed E-state index contributed by atoms with van der Waals surface area (Å²) < 4.78 is 7.39. The van der Waals surface area contributed by atoms with E-state index in [-0.39, 0.29) is 5.56 Å². The van der Waals surface area contributed by atoms with Gasteiger partial charge in [-0.1, -0.05) is 37.6 Å². The van der Waals surface area contributed by atoms with Crippen LogP contribution in [0.15, 0.2) is 53.3 Å². The molecule has 32 heavy (non-hydrogen) atoms. The molecule has 0 unspecified atom stereocenters. The lowest BCUT2D eigenvalue weighted by atomic mass is 10.1. The van der Waals surface area contributed by atoms with E-state index in [1.807, 2.05) is 31.2 Å². The standard InChI is InChI=1S/C24H25N5O3/c1-3-7-18-20-21(29(28-18)14-15-10-12-16(13-11-15)22(25)30)24(31)27-23(26-20)17-8-5-6-9-19(17)32-4-2/h5-6,8-13H,3-4,7,14H2,1-2H3,(H2,25,30)(H,26,27,31). The summed E-state index contributed by atoms with van der Waals surface area (Å²) in [5.74, 6) is 0.637. The Kier molecular flexibility index (Phi) is 6.02. The molecule has 2 heterocycles. The molecule has 3 N–H and O–H groups in total. The van der Waals surface area contributed by atoms with Crippen LogP contribution in [0.25, 0.3) is 22.4 Å². The molecule has 0 saturated heterocycles. The van der Waals surface area contributed by atoms with Gasteiger partial charge in [-0.3, -0.25) is 14.3 Å². The number of hydrogen-bond acceptors (Lipinski definition) is 5. The number of H-pyrrole nitrogens is 1. The van der Waals surface area contributed by atoms with Crippen LogP contribution >= 0.6 is 0 Å². The van der Waals surface area contributed by atoms with Crippen LogP contribution in [-0.2, 0) is 13.0 Å². The van der Waals surface area contributed by atoms with Crippen molar-refractivity contribution >= 4 is 16.9 Å². The van der Waals surface area contributed by atoms with Gasteiger partial charge >= 0.3 is 0 Å². The number of para-hydroxylation sites is 1. The minimum atomic E-state index is -0.480. The van der Waals surface area contributed by atoms with E-state index in [0.717, 1.165) is 23.2 Å². The van der Waals surface area contributed by atoms with E-state index in [0.29, 0.717) is 47.7 Å². The first-order valence-corrected chi connectivity index (χ1v) is 10.6. The summed E-state index contributed by atoms with van der Waals surface area (Å²) in [7, 11) is 0. The Hall–Kier alpha value is -3.94. The average Bonchev–Trinajstić information content (AvgIpc) is 3.12. The highest BCUT2D eigenvalue weighted by Gasteiger charge is 2.18. The first kappa shape index (κ1) is 21.3. The van der Waals surface area contributed by atoms with Crippen molar-refractivity contribution in [3.63, 3.8) is 0 Å². The Labute approximate surface area is 185 Å². The van der Waals surface area contributed by atoms with Gasteiger partial charge in [-0.15, -0.1) is 0 Å². The van der Waals surface area contributed by atoms with Crippen molar-refractivity contribution in [2.45, 2.75) is 33.2 Å². The number of aromatic amines is 1. The highest BCUT2D eigenvalue weighted by atomic mass is 16.5. The van der Waals surface area contributed by atoms with Crippen LogP contribution in [0.3, 0.4) is 0 Å². The molecule has 0 aliphatic heterocycles. The molecule has 0 radical (unpaired) electrons.